The van der Waals surface area contributed by atoms with Crippen molar-refractivity contribution in [1.29, 1.82) is 0 Å². The fourth-order valence-electron chi connectivity index (χ4n) is 3.93. The molecule has 6 heteroatoms. The molecule has 0 radical (unpaired) electrons. The number of rotatable bonds is 6. The van der Waals surface area contributed by atoms with Crippen LogP contribution in [0.4, 0.5) is 5.69 Å². The highest BCUT2D eigenvalue weighted by molar-refractivity contribution is 5.91. The summed E-state index contributed by atoms with van der Waals surface area (Å²) in [6.45, 7) is 2.76. The second-order valence-electron chi connectivity index (χ2n) is 7.39. The van der Waals surface area contributed by atoms with Crippen molar-refractivity contribution >= 4 is 28.6 Å². The van der Waals surface area contributed by atoms with E-state index in [1.54, 1.807) is 11.6 Å². The van der Waals surface area contributed by atoms with Gasteiger partial charge in [0.2, 0.25) is 0 Å². The van der Waals surface area contributed by atoms with E-state index in [2.05, 4.69) is 51.6 Å². The van der Waals surface area contributed by atoms with E-state index in [0.717, 1.165) is 43.7 Å². The van der Waals surface area contributed by atoms with Gasteiger partial charge in [0.1, 0.15) is 0 Å². The number of hydroxylamine groups is 1. The van der Waals surface area contributed by atoms with Crippen LogP contribution >= 0.6 is 0 Å². The first kappa shape index (κ1) is 19.2. The number of carbonyl (C=O) groups is 1. The Morgan fingerprint density at radius 2 is 1.90 bits per heavy atom. The number of fused-ring (bicyclic) bond motifs is 1. The average molecular weight is 390 g/mol. The number of aromatic nitrogens is 1. The second kappa shape index (κ2) is 8.94. The van der Waals surface area contributed by atoms with Gasteiger partial charge >= 0.3 is 0 Å². The molecule has 1 amide bonds. The van der Waals surface area contributed by atoms with Crippen LogP contribution in [0.3, 0.4) is 0 Å². The van der Waals surface area contributed by atoms with E-state index in [4.69, 9.17) is 5.21 Å². The molecule has 1 saturated heterocycles. The molecule has 6 nitrogen and oxygen atoms in total. The normalized spacial score (nSPS) is 15.3. The van der Waals surface area contributed by atoms with Gasteiger partial charge in [-0.15, -0.1) is 0 Å². The third-order valence-corrected chi connectivity index (χ3v) is 5.46. The molecule has 0 bridgehead atoms. The van der Waals surface area contributed by atoms with E-state index in [-0.39, 0.29) is 0 Å². The summed E-state index contributed by atoms with van der Waals surface area (Å²) in [7, 11) is 0. The van der Waals surface area contributed by atoms with Crippen LogP contribution in [-0.2, 0) is 11.3 Å². The van der Waals surface area contributed by atoms with Gasteiger partial charge in [0, 0.05) is 48.7 Å². The van der Waals surface area contributed by atoms with Crippen LogP contribution in [0.1, 0.15) is 24.1 Å². The Labute approximate surface area is 170 Å². The largest absolute Gasteiger partial charge is 0.371 e. The van der Waals surface area contributed by atoms with Crippen molar-refractivity contribution < 1.29 is 10.0 Å². The van der Waals surface area contributed by atoms with Crippen LogP contribution in [0.2, 0.25) is 0 Å². The van der Waals surface area contributed by atoms with Gasteiger partial charge in [-0.1, -0.05) is 36.4 Å². The highest BCUT2D eigenvalue weighted by Gasteiger charge is 2.20. The molecule has 0 spiro atoms. The number of amides is 1. The van der Waals surface area contributed by atoms with Crippen LogP contribution in [0.15, 0.2) is 60.7 Å². The Morgan fingerprint density at radius 1 is 1.14 bits per heavy atom. The molecule has 1 aliphatic heterocycles. The van der Waals surface area contributed by atoms with Gasteiger partial charge in [-0.2, -0.15) is 0 Å². The van der Waals surface area contributed by atoms with E-state index < -0.39 is 5.91 Å². The molecule has 4 rings (SSSR count). The summed E-state index contributed by atoms with van der Waals surface area (Å²) in [4.78, 5) is 17.1. The molecule has 2 heterocycles. The highest BCUT2D eigenvalue weighted by atomic mass is 16.5. The van der Waals surface area contributed by atoms with Crippen molar-refractivity contribution in [2.75, 3.05) is 18.0 Å². The van der Waals surface area contributed by atoms with E-state index >= 15 is 0 Å². The summed E-state index contributed by atoms with van der Waals surface area (Å²) in [6.07, 6.45) is 5.21. The molecule has 1 aromatic heterocycles. The lowest BCUT2D eigenvalue weighted by Gasteiger charge is -2.35. The molecule has 2 aromatic carbocycles. The molecule has 0 aliphatic carbocycles. The topological polar surface area (TPSA) is 80.4 Å². The Hall–Kier alpha value is -3.09. The van der Waals surface area contributed by atoms with Crippen molar-refractivity contribution in [2.45, 2.75) is 25.4 Å². The number of carbonyl (C=O) groups excluding carboxylic acids is 1. The van der Waals surface area contributed by atoms with Gasteiger partial charge in [0.05, 0.1) is 0 Å². The minimum absolute atomic E-state index is 0.487. The highest BCUT2D eigenvalue weighted by Crippen LogP contribution is 2.25. The maximum Gasteiger partial charge on any atom is 0.267 e. The SMILES string of the molecule is O=C(/C=C/c1ccccc1N1CCC(NCc2cc3ccccc3[nH]2)CC1)NO. The predicted molar refractivity (Wildman–Crippen MR) is 116 cm³/mol. The summed E-state index contributed by atoms with van der Waals surface area (Å²) >= 11 is 0. The number of anilines is 1. The number of hydrogen-bond donors (Lipinski definition) is 4. The first-order valence-corrected chi connectivity index (χ1v) is 9.99. The molecular formula is C23H26N4O2. The third kappa shape index (κ3) is 4.67. The number of H-pyrrole nitrogens is 1. The summed E-state index contributed by atoms with van der Waals surface area (Å²) in [6, 6.07) is 19.1. The van der Waals surface area contributed by atoms with E-state index in [1.165, 1.54) is 22.7 Å². The molecule has 3 aromatic rings. The number of hydrogen-bond acceptors (Lipinski definition) is 4. The fourth-order valence-corrected chi connectivity index (χ4v) is 3.93. The Balaban J connectivity index is 1.33. The van der Waals surface area contributed by atoms with E-state index in [9.17, 15) is 4.79 Å². The molecule has 0 unspecified atom stereocenters. The maximum absolute atomic E-state index is 11.3. The molecule has 150 valence electrons. The Morgan fingerprint density at radius 3 is 2.69 bits per heavy atom. The predicted octanol–water partition coefficient (Wildman–Crippen LogP) is 3.45. The standard InChI is InChI=1S/C23H26N4O2/c28-23(26-29)10-9-17-5-2-4-8-22(17)27-13-11-19(12-14-27)24-16-20-15-18-6-1-3-7-21(18)25-20/h1-10,15,19,24-25,29H,11-14,16H2,(H,26,28)/b10-9+. The van der Waals surface area contributed by atoms with Crippen molar-refractivity contribution in [3.63, 3.8) is 0 Å². The van der Waals surface area contributed by atoms with Gasteiger partial charge in [-0.05, 0) is 48.1 Å². The minimum atomic E-state index is -0.528. The van der Waals surface area contributed by atoms with Gasteiger partial charge in [0.15, 0.2) is 0 Å². The summed E-state index contributed by atoms with van der Waals surface area (Å²) < 4.78 is 0. The van der Waals surface area contributed by atoms with Crippen LogP contribution in [0.25, 0.3) is 17.0 Å². The van der Waals surface area contributed by atoms with Crippen LogP contribution in [0.5, 0.6) is 0 Å². The van der Waals surface area contributed by atoms with Crippen molar-refractivity contribution in [2.24, 2.45) is 0 Å². The van der Waals surface area contributed by atoms with Gasteiger partial charge in [0.25, 0.3) is 5.91 Å². The third-order valence-electron chi connectivity index (χ3n) is 5.46. The summed E-state index contributed by atoms with van der Waals surface area (Å²) in [5.74, 6) is -0.528. The zero-order valence-corrected chi connectivity index (χ0v) is 16.3. The molecule has 4 N–H and O–H groups in total. The van der Waals surface area contributed by atoms with Gasteiger partial charge < -0.3 is 15.2 Å². The number of piperidine rings is 1. The number of para-hydroxylation sites is 2. The first-order chi connectivity index (χ1) is 14.2. The minimum Gasteiger partial charge on any atom is -0.371 e. The fraction of sp³-hybridized carbons (Fsp3) is 0.261. The zero-order valence-electron chi connectivity index (χ0n) is 16.3. The van der Waals surface area contributed by atoms with Crippen LogP contribution < -0.4 is 15.7 Å². The maximum atomic E-state index is 11.3. The Bertz CT molecular complexity index is 970. The van der Waals surface area contributed by atoms with Gasteiger partial charge in [-0.3, -0.25) is 10.0 Å². The lowest BCUT2D eigenvalue weighted by molar-refractivity contribution is -0.124. The summed E-state index contributed by atoms with van der Waals surface area (Å²) in [5.41, 5.74) is 6.11. The monoisotopic (exact) mass is 390 g/mol. The molecule has 0 atom stereocenters. The van der Waals surface area contributed by atoms with Crippen molar-refractivity contribution in [1.82, 2.24) is 15.8 Å². The number of benzene rings is 2. The lowest BCUT2D eigenvalue weighted by Crippen LogP contribution is -2.42. The first-order valence-electron chi connectivity index (χ1n) is 9.99. The van der Waals surface area contributed by atoms with E-state index in [0.29, 0.717) is 6.04 Å². The molecule has 1 aliphatic rings. The number of aromatic amines is 1. The van der Waals surface area contributed by atoms with Crippen molar-refractivity contribution in [3.8, 4) is 0 Å². The van der Waals surface area contributed by atoms with Crippen molar-refractivity contribution in [3.05, 3.63) is 71.9 Å². The second-order valence-corrected chi connectivity index (χ2v) is 7.39. The Kier molecular flexibility index (Phi) is 5.93. The van der Waals surface area contributed by atoms with Crippen LogP contribution in [-0.4, -0.2) is 35.2 Å². The number of nitrogens with zero attached hydrogens (tertiary/aromatic N) is 1. The summed E-state index contributed by atoms with van der Waals surface area (Å²) in [5, 5.41) is 13.6. The van der Waals surface area contributed by atoms with Gasteiger partial charge in [-0.25, -0.2) is 5.48 Å². The quantitative estimate of drug-likeness (QED) is 0.295. The zero-order chi connectivity index (χ0) is 20.1. The van der Waals surface area contributed by atoms with E-state index in [1.807, 2.05) is 18.2 Å². The molecule has 0 saturated carbocycles. The molecule has 29 heavy (non-hydrogen) atoms. The average Bonchev–Trinajstić information content (AvgIpc) is 3.20. The van der Waals surface area contributed by atoms with Crippen LogP contribution in [0, 0.1) is 0 Å². The number of nitrogens with one attached hydrogen (secondary N) is 3. The lowest BCUT2D eigenvalue weighted by atomic mass is 10.0. The molecule has 1 fully saturated rings. The molecular weight excluding hydrogens is 364 g/mol. The smallest absolute Gasteiger partial charge is 0.267 e.